The van der Waals surface area contributed by atoms with Gasteiger partial charge in [0.2, 0.25) is 0 Å². The van der Waals surface area contributed by atoms with Gasteiger partial charge in [0.05, 0.1) is 23.3 Å². The highest BCUT2D eigenvalue weighted by Gasteiger charge is 2.09. The summed E-state index contributed by atoms with van der Waals surface area (Å²) in [6.07, 6.45) is -0.693. The van der Waals surface area contributed by atoms with Crippen LogP contribution in [-0.2, 0) is 6.54 Å². The number of hydrogen-bond acceptors (Lipinski definition) is 4. The van der Waals surface area contributed by atoms with Crippen LogP contribution >= 0.6 is 23.2 Å². The smallest absolute Gasteiger partial charge is 0.160 e. The van der Waals surface area contributed by atoms with E-state index in [-0.39, 0.29) is 5.75 Å². The number of ether oxygens (including phenoxy) is 1. The highest BCUT2D eigenvalue weighted by molar-refractivity contribution is 6.42. The molecule has 0 heterocycles. The lowest BCUT2D eigenvalue weighted by molar-refractivity contribution is 0.174. The number of phenolic OH excluding ortho intramolecular Hbond substituents is 1. The summed E-state index contributed by atoms with van der Waals surface area (Å²) in [6, 6.07) is 10.2. The number of hydrogen-bond donors (Lipinski definition) is 3. The minimum atomic E-state index is -0.693. The molecule has 6 heteroatoms. The molecule has 0 spiro atoms. The first-order chi connectivity index (χ1) is 10.5. The molecule has 1 unspecified atom stereocenters. The van der Waals surface area contributed by atoms with E-state index in [4.69, 9.17) is 27.9 Å². The molecule has 2 aromatic rings. The Kier molecular flexibility index (Phi) is 5.91. The molecule has 4 nitrogen and oxygen atoms in total. The summed E-state index contributed by atoms with van der Waals surface area (Å²) in [5.74, 6) is 0.520. The Morgan fingerprint density at radius 1 is 1.14 bits per heavy atom. The number of rotatable bonds is 6. The molecule has 0 aliphatic rings. The second-order valence-electron chi connectivity index (χ2n) is 4.83. The molecule has 0 saturated heterocycles. The van der Waals surface area contributed by atoms with Crippen molar-refractivity contribution in [3.63, 3.8) is 0 Å². The van der Waals surface area contributed by atoms with Gasteiger partial charge in [-0.1, -0.05) is 35.3 Å². The van der Waals surface area contributed by atoms with Crippen molar-refractivity contribution in [1.29, 1.82) is 0 Å². The minimum absolute atomic E-state index is 0.0897. The van der Waals surface area contributed by atoms with Crippen LogP contribution in [0.1, 0.15) is 17.2 Å². The normalized spacial score (nSPS) is 12.2. The zero-order valence-corrected chi connectivity index (χ0v) is 13.5. The Balaban J connectivity index is 1.90. The molecule has 118 valence electrons. The summed E-state index contributed by atoms with van der Waals surface area (Å²) in [6.45, 7) is 0.862. The Hall–Kier alpha value is -1.46. The summed E-state index contributed by atoms with van der Waals surface area (Å²) in [5, 5.41) is 23.8. The van der Waals surface area contributed by atoms with Gasteiger partial charge >= 0.3 is 0 Å². The third-order valence-corrected chi connectivity index (χ3v) is 3.98. The standard InChI is InChI=1S/C16H17Cl2NO3/c1-22-16-5-2-10(6-14(16)20)8-19-9-15(21)11-3-4-12(17)13(18)7-11/h2-7,15,19-21H,8-9H2,1H3. The Bertz CT molecular complexity index is 649. The summed E-state index contributed by atoms with van der Waals surface area (Å²) >= 11 is 11.8. The van der Waals surface area contributed by atoms with Crippen molar-refractivity contribution >= 4 is 23.2 Å². The van der Waals surface area contributed by atoms with Crippen molar-refractivity contribution in [2.45, 2.75) is 12.6 Å². The minimum Gasteiger partial charge on any atom is -0.504 e. The number of aliphatic hydroxyl groups is 1. The van der Waals surface area contributed by atoms with Crippen molar-refractivity contribution in [2.75, 3.05) is 13.7 Å². The fourth-order valence-corrected chi connectivity index (χ4v) is 2.34. The molecule has 0 aliphatic heterocycles. The third-order valence-electron chi connectivity index (χ3n) is 3.24. The van der Waals surface area contributed by atoms with Crippen molar-refractivity contribution < 1.29 is 14.9 Å². The van der Waals surface area contributed by atoms with Gasteiger partial charge in [-0.15, -0.1) is 0 Å². The van der Waals surface area contributed by atoms with Gasteiger partial charge < -0.3 is 20.3 Å². The molecule has 0 aromatic heterocycles. The molecule has 0 aliphatic carbocycles. The van der Waals surface area contributed by atoms with Crippen LogP contribution in [0.5, 0.6) is 11.5 Å². The van der Waals surface area contributed by atoms with Crippen LogP contribution in [0.4, 0.5) is 0 Å². The van der Waals surface area contributed by atoms with Gasteiger partial charge in [0.1, 0.15) is 0 Å². The van der Waals surface area contributed by atoms with Crippen LogP contribution < -0.4 is 10.1 Å². The van der Waals surface area contributed by atoms with Crippen molar-refractivity contribution in [3.8, 4) is 11.5 Å². The number of methoxy groups -OCH3 is 1. The second kappa shape index (κ2) is 7.70. The largest absolute Gasteiger partial charge is 0.504 e. The molecular formula is C16H17Cl2NO3. The Labute approximate surface area is 139 Å². The van der Waals surface area contributed by atoms with E-state index in [1.54, 1.807) is 30.3 Å². The van der Waals surface area contributed by atoms with Crippen molar-refractivity contribution in [3.05, 3.63) is 57.6 Å². The van der Waals surface area contributed by atoms with Crippen LogP contribution in [0, 0.1) is 0 Å². The van der Waals surface area contributed by atoms with E-state index in [0.29, 0.717) is 34.4 Å². The van der Waals surface area contributed by atoms with Gasteiger partial charge in [0, 0.05) is 13.1 Å². The Morgan fingerprint density at radius 3 is 2.55 bits per heavy atom. The Morgan fingerprint density at radius 2 is 1.91 bits per heavy atom. The SMILES string of the molecule is COc1ccc(CNCC(O)c2ccc(Cl)c(Cl)c2)cc1O. The van der Waals surface area contributed by atoms with E-state index in [1.807, 2.05) is 6.07 Å². The number of phenols is 1. The van der Waals surface area contributed by atoms with E-state index in [9.17, 15) is 10.2 Å². The van der Waals surface area contributed by atoms with Gasteiger partial charge in [-0.2, -0.15) is 0 Å². The van der Waals surface area contributed by atoms with Gasteiger partial charge in [0.25, 0.3) is 0 Å². The van der Waals surface area contributed by atoms with Gasteiger partial charge in [-0.3, -0.25) is 0 Å². The molecule has 0 saturated carbocycles. The maximum absolute atomic E-state index is 10.1. The van der Waals surface area contributed by atoms with Crippen molar-refractivity contribution in [1.82, 2.24) is 5.32 Å². The lowest BCUT2D eigenvalue weighted by Gasteiger charge is -2.13. The number of benzene rings is 2. The van der Waals surface area contributed by atoms with Gasteiger partial charge in [0.15, 0.2) is 11.5 Å². The molecule has 2 aromatic carbocycles. The van der Waals surface area contributed by atoms with Crippen LogP contribution in [0.2, 0.25) is 10.0 Å². The van der Waals surface area contributed by atoms with Crippen LogP contribution in [-0.4, -0.2) is 23.9 Å². The maximum Gasteiger partial charge on any atom is 0.160 e. The number of halogens is 2. The van der Waals surface area contributed by atoms with E-state index < -0.39 is 6.10 Å². The summed E-state index contributed by atoms with van der Waals surface area (Å²) in [5.41, 5.74) is 1.58. The highest BCUT2D eigenvalue weighted by atomic mass is 35.5. The molecular weight excluding hydrogens is 325 g/mol. The number of aromatic hydroxyl groups is 1. The van der Waals surface area contributed by atoms with Gasteiger partial charge in [-0.05, 0) is 35.4 Å². The fraction of sp³-hybridized carbons (Fsp3) is 0.250. The predicted molar refractivity (Wildman–Crippen MR) is 87.8 cm³/mol. The van der Waals surface area contributed by atoms with Crippen molar-refractivity contribution in [2.24, 2.45) is 0 Å². The zero-order valence-electron chi connectivity index (χ0n) is 12.0. The highest BCUT2D eigenvalue weighted by Crippen LogP contribution is 2.27. The average Bonchev–Trinajstić information content (AvgIpc) is 2.50. The first-order valence-corrected chi connectivity index (χ1v) is 7.46. The molecule has 0 radical (unpaired) electrons. The molecule has 1 atom stereocenters. The molecule has 0 bridgehead atoms. The monoisotopic (exact) mass is 341 g/mol. The molecule has 0 fully saturated rings. The summed E-state index contributed by atoms with van der Waals surface area (Å²) in [7, 11) is 1.50. The van der Waals surface area contributed by atoms with Crippen LogP contribution in [0.25, 0.3) is 0 Å². The lowest BCUT2D eigenvalue weighted by atomic mass is 10.1. The molecule has 2 rings (SSSR count). The third kappa shape index (κ3) is 4.27. The second-order valence-corrected chi connectivity index (χ2v) is 5.64. The van der Waals surface area contributed by atoms with E-state index in [0.717, 1.165) is 5.56 Å². The van der Waals surface area contributed by atoms with E-state index in [1.165, 1.54) is 7.11 Å². The van der Waals surface area contributed by atoms with Crippen LogP contribution in [0.3, 0.4) is 0 Å². The van der Waals surface area contributed by atoms with Gasteiger partial charge in [-0.25, -0.2) is 0 Å². The van der Waals surface area contributed by atoms with E-state index >= 15 is 0 Å². The summed E-state index contributed by atoms with van der Waals surface area (Å²) in [4.78, 5) is 0. The van der Waals surface area contributed by atoms with Crippen LogP contribution in [0.15, 0.2) is 36.4 Å². The zero-order chi connectivity index (χ0) is 16.1. The average molecular weight is 342 g/mol. The number of aliphatic hydroxyl groups excluding tert-OH is 1. The lowest BCUT2D eigenvalue weighted by Crippen LogP contribution is -2.21. The first-order valence-electron chi connectivity index (χ1n) is 6.71. The van der Waals surface area contributed by atoms with E-state index in [2.05, 4.69) is 5.32 Å². The summed E-state index contributed by atoms with van der Waals surface area (Å²) < 4.78 is 4.99. The molecule has 3 N–H and O–H groups in total. The quantitative estimate of drug-likeness (QED) is 0.752. The topological polar surface area (TPSA) is 61.7 Å². The molecule has 0 amide bonds. The maximum atomic E-state index is 10.1. The predicted octanol–water partition coefficient (Wildman–Crippen LogP) is 3.53. The first kappa shape index (κ1) is 16.9. The number of nitrogens with one attached hydrogen (secondary N) is 1. The molecule has 22 heavy (non-hydrogen) atoms. The fourth-order valence-electron chi connectivity index (χ4n) is 2.04.